The fraction of sp³-hybridized carbons (Fsp3) is 0.150. The van der Waals surface area contributed by atoms with Crippen molar-refractivity contribution in [1.29, 1.82) is 0 Å². The van der Waals surface area contributed by atoms with E-state index < -0.39 is 0 Å². The van der Waals surface area contributed by atoms with Gasteiger partial charge in [-0.15, -0.1) is 0 Å². The van der Waals surface area contributed by atoms with Crippen LogP contribution in [0.2, 0.25) is 0 Å². The number of hydrogen-bond donors (Lipinski definition) is 2. The van der Waals surface area contributed by atoms with Gasteiger partial charge in [-0.05, 0) is 48.9 Å². The zero-order valence-electron chi connectivity index (χ0n) is 15.0. The molecule has 6 nitrogen and oxygen atoms in total. The maximum Gasteiger partial charge on any atom is 0.190 e. The van der Waals surface area contributed by atoms with Gasteiger partial charge in [0.05, 0.1) is 6.61 Å². The van der Waals surface area contributed by atoms with Crippen molar-refractivity contribution in [2.75, 3.05) is 17.3 Å². The Kier molecular flexibility index (Phi) is 4.70. The van der Waals surface area contributed by atoms with E-state index in [0.717, 1.165) is 32.5 Å². The molecule has 0 atom stereocenters. The van der Waals surface area contributed by atoms with Gasteiger partial charge in [-0.3, -0.25) is 0 Å². The summed E-state index contributed by atoms with van der Waals surface area (Å²) in [6.45, 7) is 2.05. The van der Waals surface area contributed by atoms with Gasteiger partial charge in [0.1, 0.15) is 22.0 Å². The minimum Gasteiger partial charge on any atom is -0.392 e. The highest BCUT2D eigenvalue weighted by Gasteiger charge is 2.10. The Balaban J connectivity index is 1.60. The Bertz CT molecular complexity index is 1080. The normalized spacial score (nSPS) is 10.9. The molecule has 0 radical (unpaired) electrons. The highest BCUT2D eigenvalue weighted by atomic mass is 32.1. The summed E-state index contributed by atoms with van der Waals surface area (Å²) in [6.07, 6.45) is 1.66. The molecule has 4 rings (SSSR count). The van der Waals surface area contributed by atoms with Gasteiger partial charge in [-0.2, -0.15) is 0 Å². The molecule has 0 aliphatic heterocycles. The van der Waals surface area contributed by atoms with Crippen molar-refractivity contribution in [1.82, 2.24) is 15.0 Å². The lowest BCUT2D eigenvalue weighted by molar-refractivity contribution is 0.282. The molecule has 3 heterocycles. The molecule has 0 amide bonds. The number of aromatic nitrogens is 3. The largest absolute Gasteiger partial charge is 0.392 e. The first kappa shape index (κ1) is 17.4. The van der Waals surface area contributed by atoms with Crippen LogP contribution in [0.25, 0.3) is 10.3 Å². The molecule has 0 unspecified atom stereocenters. The molecule has 0 fully saturated rings. The average Bonchev–Trinajstić information content (AvgIpc) is 3.09. The first-order valence-corrected chi connectivity index (χ1v) is 9.35. The summed E-state index contributed by atoms with van der Waals surface area (Å²) in [5.74, 6) is 1.51. The van der Waals surface area contributed by atoms with Crippen LogP contribution in [0.3, 0.4) is 0 Å². The van der Waals surface area contributed by atoms with Crippen LogP contribution < -0.4 is 10.2 Å². The standard InChI is InChI=1S/C20H19N5OS/c1-13-3-5-15(6-4-13)25(2)18-8-7-16-19(24-18)27-20(22-16)23-17-11-14(12-26)9-10-21-17/h3-11,26H,12H2,1-2H3,(H,21,22,23). The monoisotopic (exact) mass is 377 g/mol. The van der Waals surface area contributed by atoms with E-state index in [1.807, 2.05) is 19.2 Å². The van der Waals surface area contributed by atoms with Crippen molar-refractivity contribution < 1.29 is 5.11 Å². The SMILES string of the molecule is Cc1ccc(N(C)c2ccc3nc(Nc4cc(CO)ccn4)sc3n2)cc1. The van der Waals surface area contributed by atoms with Gasteiger partial charge in [0, 0.05) is 18.9 Å². The fourth-order valence-corrected chi connectivity index (χ4v) is 3.54. The Morgan fingerprint density at radius 1 is 1.07 bits per heavy atom. The molecular weight excluding hydrogens is 358 g/mol. The van der Waals surface area contributed by atoms with Gasteiger partial charge < -0.3 is 15.3 Å². The van der Waals surface area contributed by atoms with Crippen molar-refractivity contribution >= 4 is 44.1 Å². The lowest BCUT2D eigenvalue weighted by Gasteiger charge is -2.18. The van der Waals surface area contributed by atoms with Crippen LogP contribution in [0.5, 0.6) is 0 Å². The van der Waals surface area contributed by atoms with E-state index in [1.54, 1.807) is 18.3 Å². The number of pyridine rings is 2. The Morgan fingerprint density at radius 2 is 1.89 bits per heavy atom. The molecule has 0 bridgehead atoms. The van der Waals surface area contributed by atoms with Crippen LogP contribution in [0.1, 0.15) is 11.1 Å². The molecule has 0 aliphatic carbocycles. The number of fused-ring (bicyclic) bond motifs is 1. The number of hydrogen-bond acceptors (Lipinski definition) is 7. The van der Waals surface area contributed by atoms with Crippen LogP contribution >= 0.6 is 11.3 Å². The van der Waals surface area contributed by atoms with Crippen LogP contribution in [0.15, 0.2) is 54.7 Å². The van der Waals surface area contributed by atoms with Gasteiger partial charge in [-0.1, -0.05) is 29.0 Å². The molecule has 136 valence electrons. The molecule has 0 saturated heterocycles. The van der Waals surface area contributed by atoms with Gasteiger partial charge in [0.25, 0.3) is 0 Å². The molecule has 0 spiro atoms. The Morgan fingerprint density at radius 3 is 2.67 bits per heavy atom. The lowest BCUT2D eigenvalue weighted by Crippen LogP contribution is -2.10. The number of anilines is 4. The van der Waals surface area contributed by atoms with Crippen LogP contribution in [-0.2, 0) is 6.61 Å². The second-order valence-electron chi connectivity index (χ2n) is 6.24. The molecule has 27 heavy (non-hydrogen) atoms. The summed E-state index contributed by atoms with van der Waals surface area (Å²) >= 11 is 1.47. The van der Waals surface area contributed by atoms with E-state index in [2.05, 4.69) is 51.4 Å². The summed E-state index contributed by atoms with van der Waals surface area (Å²) in [4.78, 5) is 16.5. The maximum absolute atomic E-state index is 9.25. The second kappa shape index (κ2) is 7.30. The number of rotatable bonds is 5. The minimum absolute atomic E-state index is 0.0205. The predicted molar refractivity (Wildman–Crippen MR) is 110 cm³/mol. The third kappa shape index (κ3) is 3.74. The molecule has 1 aromatic carbocycles. The Hall–Kier alpha value is -3.03. The molecular formula is C20H19N5OS. The van der Waals surface area contributed by atoms with E-state index in [0.29, 0.717) is 5.82 Å². The number of nitrogens with one attached hydrogen (secondary N) is 1. The van der Waals surface area contributed by atoms with E-state index in [-0.39, 0.29) is 6.61 Å². The fourth-order valence-electron chi connectivity index (χ4n) is 2.70. The quantitative estimate of drug-likeness (QED) is 0.537. The summed E-state index contributed by atoms with van der Waals surface area (Å²) < 4.78 is 0. The minimum atomic E-state index is -0.0205. The predicted octanol–water partition coefficient (Wildman–Crippen LogP) is 4.40. The third-order valence-electron chi connectivity index (χ3n) is 4.25. The van der Waals surface area contributed by atoms with Crippen molar-refractivity contribution in [2.24, 2.45) is 0 Å². The van der Waals surface area contributed by atoms with Crippen molar-refractivity contribution in [3.8, 4) is 0 Å². The summed E-state index contributed by atoms with van der Waals surface area (Å²) in [7, 11) is 2.00. The van der Waals surface area contributed by atoms with E-state index in [4.69, 9.17) is 4.98 Å². The maximum atomic E-state index is 9.25. The van der Waals surface area contributed by atoms with Crippen molar-refractivity contribution in [3.63, 3.8) is 0 Å². The zero-order chi connectivity index (χ0) is 18.8. The van der Waals surface area contributed by atoms with Gasteiger partial charge >= 0.3 is 0 Å². The number of thiazole rings is 1. The number of nitrogens with zero attached hydrogens (tertiary/aromatic N) is 4. The van der Waals surface area contributed by atoms with Crippen molar-refractivity contribution in [2.45, 2.75) is 13.5 Å². The number of aliphatic hydroxyl groups is 1. The second-order valence-corrected chi connectivity index (χ2v) is 7.22. The molecule has 3 aromatic heterocycles. The van der Waals surface area contributed by atoms with Gasteiger partial charge in [0.2, 0.25) is 0 Å². The van der Waals surface area contributed by atoms with Crippen molar-refractivity contribution in [3.05, 3.63) is 65.9 Å². The van der Waals surface area contributed by atoms with E-state index in [9.17, 15) is 5.11 Å². The Labute approximate surface area is 161 Å². The lowest BCUT2D eigenvalue weighted by atomic mass is 10.2. The summed E-state index contributed by atoms with van der Waals surface area (Å²) in [6, 6.07) is 15.9. The zero-order valence-corrected chi connectivity index (χ0v) is 15.9. The van der Waals surface area contributed by atoms with E-state index >= 15 is 0 Å². The van der Waals surface area contributed by atoms with Gasteiger partial charge in [0.15, 0.2) is 5.13 Å². The number of benzene rings is 1. The molecule has 2 N–H and O–H groups in total. The third-order valence-corrected chi connectivity index (χ3v) is 5.13. The number of aryl methyl sites for hydroxylation is 1. The first-order valence-electron chi connectivity index (χ1n) is 8.53. The first-order chi connectivity index (χ1) is 13.1. The van der Waals surface area contributed by atoms with E-state index in [1.165, 1.54) is 16.9 Å². The molecule has 4 aromatic rings. The molecule has 7 heteroatoms. The van der Waals surface area contributed by atoms with Gasteiger partial charge in [-0.25, -0.2) is 15.0 Å². The topological polar surface area (TPSA) is 74.2 Å². The summed E-state index contributed by atoms with van der Waals surface area (Å²) in [5, 5.41) is 13.2. The highest BCUT2D eigenvalue weighted by Crippen LogP contribution is 2.30. The molecule has 0 saturated carbocycles. The smallest absolute Gasteiger partial charge is 0.190 e. The van der Waals surface area contributed by atoms with Crippen LogP contribution in [-0.4, -0.2) is 27.1 Å². The van der Waals surface area contributed by atoms with Crippen LogP contribution in [0, 0.1) is 6.92 Å². The highest BCUT2D eigenvalue weighted by molar-refractivity contribution is 7.21. The average molecular weight is 377 g/mol. The number of aliphatic hydroxyl groups excluding tert-OH is 1. The summed E-state index contributed by atoms with van der Waals surface area (Å²) in [5.41, 5.74) is 3.95. The molecule has 0 aliphatic rings. The van der Waals surface area contributed by atoms with Crippen LogP contribution in [0.4, 0.5) is 22.5 Å².